The average molecular weight is 326 g/mol. The Bertz CT molecular complexity index is 682. The lowest BCUT2D eigenvalue weighted by atomic mass is 9.95. The number of hydrogen-bond donors (Lipinski definition) is 2. The Morgan fingerprint density at radius 2 is 1.83 bits per heavy atom. The number of methoxy groups -OCH3 is 1. The molecule has 6 heteroatoms. The number of carbonyl (C=O) groups excluding carboxylic acids is 1. The van der Waals surface area contributed by atoms with Crippen molar-refractivity contribution in [2.75, 3.05) is 17.7 Å². The molecule has 1 heterocycles. The van der Waals surface area contributed by atoms with E-state index in [1.54, 1.807) is 37.4 Å². The van der Waals surface area contributed by atoms with E-state index in [1.807, 2.05) is 6.07 Å². The van der Waals surface area contributed by atoms with Gasteiger partial charge in [0, 0.05) is 11.6 Å². The smallest absolute Gasteiger partial charge is 0.256 e. The topological polar surface area (TPSA) is 76.1 Å². The average Bonchev–Trinajstić information content (AvgIpc) is 2.64. The van der Waals surface area contributed by atoms with Gasteiger partial charge in [-0.25, -0.2) is 0 Å². The van der Waals surface area contributed by atoms with Crippen molar-refractivity contribution in [3.63, 3.8) is 0 Å². The molecular weight excluding hydrogens is 304 g/mol. The molecule has 1 fully saturated rings. The zero-order valence-corrected chi connectivity index (χ0v) is 13.8. The maximum absolute atomic E-state index is 12.2. The van der Waals surface area contributed by atoms with Crippen LogP contribution in [0.15, 0.2) is 36.4 Å². The van der Waals surface area contributed by atoms with E-state index in [9.17, 15) is 4.79 Å². The van der Waals surface area contributed by atoms with Crippen molar-refractivity contribution < 1.29 is 9.53 Å². The summed E-state index contributed by atoms with van der Waals surface area (Å²) >= 11 is 0. The Morgan fingerprint density at radius 3 is 2.54 bits per heavy atom. The number of benzene rings is 1. The molecule has 6 nitrogen and oxygen atoms in total. The van der Waals surface area contributed by atoms with Gasteiger partial charge >= 0.3 is 0 Å². The van der Waals surface area contributed by atoms with E-state index in [4.69, 9.17) is 4.74 Å². The highest BCUT2D eigenvalue weighted by molar-refractivity contribution is 6.03. The Morgan fingerprint density at radius 1 is 1.08 bits per heavy atom. The molecule has 0 atom stereocenters. The third-order valence-electron chi connectivity index (χ3n) is 4.20. The van der Waals surface area contributed by atoms with Crippen LogP contribution in [0.4, 0.5) is 11.6 Å². The lowest BCUT2D eigenvalue weighted by Crippen LogP contribution is -2.23. The Balaban J connectivity index is 1.59. The first-order valence-corrected chi connectivity index (χ1v) is 8.30. The Labute approximate surface area is 141 Å². The molecular formula is C18H22N4O2. The zero-order valence-electron chi connectivity index (χ0n) is 13.8. The first-order valence-electron chi connectivity index (χ1n) is 8.30. The molecule has 1 aliphatic rings. The van der Waals surface area contributed by atoms with Gasteiger partial charge in [0.1, 0.15) is 11.6 Å². The fourth-order valence-corrected chi connectivity index (χ4v) is 2.88. The number of carbonyl (C=O) groups is 1. The van der Waals surface area contributed by atoms with Crippen molar-refractivity contribution in [1.29, 1.82) is 0 Å². The molecule has 1 aromatic carbocycles. The molecule has 1 amide bonds. The first kappa shape index (κ1) is 16.2. The highest BCUT2D eigenvalue weighted by atomic mass is 16.5. The van der Waals surface area contributed by atoms with Crippen LogP contribution in [0.1, 0.15) is 42.5 Å². The van der Waals surface area contributed by atoms with Crippen molar-refractivity contribution in [2.45, 2.75) is 38.1 Å². The molecule has 0 spiro atoms. The lowest BCUT2D eigenvalue weighted by molar-refractivity contribution is 0.102. The van der Waals surface area contributed by atoms with Gasteiger partial charge in [0.15, 0.2) is 5.82 Å². The summed E-state index contributed by atoms with van der Waals surface area (Å²) in [6.45, 7) is 0. The van der Waals surface area contributed by atoms with E-state index in [0.29, 0.717) is 23.2 Å². The van der Waals surface area contributed by atoms with E-state index < -0.39 is 0 Å². The molecule has 0 unspecified atom stereocenters. The van der Waals surface area contributed by atoms with E-state index in [1.165, 1.54) is 32.1 Å². The zero-order chi connectivity index (χ0) is 16.8. The van der Waals surface area contributed by atoms with Gasteiger partial charge in [-0.1, -0.05) is 25.3 Å². The fourth-order valence-electron chi connectivity index (χ4n) is 2.88. The standard InChI is InChI=1S/C18H22N4O2/c1-24-15-9-5-6-13(12-15)18(23)20-17-11-10-16(21-22-17)19-14-7-3-2-4-8-14/h5-6,9-12,14H,2-4,7-8H2,1H3,(H,19,21)(H,20,22,23). The molecule has 1 saturated carbocycles. The van der Waals surface area contributed by atoms with Crippen LogP contribution >= 0.6 is 0 Å². The van der Waals surface area contributed by atoms with Crippen molar-refractivity contribution in [2.24, 2.45) is 0 Å². The Hall–Kier alpha value is -2.63. The second-order valence-electron chi connectivity index (χ2n) is 5.97. The van der Waals surface area contributed by atoms with Gasteiger partial charge in [-0.2, -0.15) is 0 Å². The van der Waals surface area contributed by atoms with Crippen LogP contribution < -0.4 is 15.4 Å². The van der Waals surface area contributed by atoms with Gasteiger partial charge in [0.25, 0.3) is 5.91 Å². The molecule has 3 rings (SSSR count). The van der Waals surface area contributed by atoms with Crippen LogP contribution in [0.5, 0.6) is 5.75 Å². The summed E-state index contributed by atoms with van der Waals surface area (Å²) in [6.07, 6.45) is 6.20. The van der Waals surface area contributed by atoms with Crippen LogP contribution in [0.2, 0.25) is 0 Å². The van der Waals surface area contributed by atoms with Gasteiger partial charge in [-0.3, -0.25) is 4.79 Å². The number of ether oxygens (including phenoxy) is 1. The minimum Gasteiger partial charge on any atom is -0.497 e. The van der Waals surface area contributed by atoms with E-state index in [0.717, 1.165) is 5.82 Å². The van der Waals surface area contributed by atoms with Crippen molar-refractivity contribution in [3.05, 3.63) is 42.0 Å². The summed E-state index contributed by atoms with van der Waals surface area (Å²) in [6, 6.07) is 11.1. The van der Waals surface area contributed by atoms with Gasteiger partial charge in [0.2, 0.25) is 0 Å². The largest absolute Gasteiger partial charge is 0.497 e. The van der Waals surface area contributed by atoms with Crippen molar-refractivity contribution in [3.8, 4) is 5.75 Å². The highest BCUT2D eigenvalue weighted by Crippen LogP contribution is 2.21. The third kappa shape index (κ3) is 4.22. The SMILES string of the molecule is COc1cccc(C(=O)Nc2ccc(NC3CCCCC3)nn2)c1. The van der Waals surface area contributed by atoms with E-state index >= 15 is 0 Å². The van der Waals surface area contributed by atoms with Crippen LogP contribution in [-0.2, 0) is 0 Å². The molecule has 0 radical (unpaired) electrons. The van der Waals surface area contributed by atoms with Crippen LogP contribution in [0.25, 0.3) is 0 Å². The summed E-state index contributed by atoms with van der Waals surface area (Å²) in [5.74, 6) is 1.58. The first-order chi connectivity index (χ1) is 11.7. The number of nitrogens with zero attached hydrogens (tertiary/aromatic N) is 2. The molecule has 2 N–H and O–H groups in total. The second-order valence-corrected chi connectivity index (χ2v) is 5.97. The molecule has 0 aliphatic heterocycles. The monoisotopic (exact) mass is 326 g/mol. The third-order valence-corrected chi connectivity index (χ3v) is 4.20. The number of aromatic nitrogens is 2. The van der Waals surface area contributed by atoms with Crippen LogP contribution in [0, 0.1) is 0 Å². The lowest BCUT2D eigenvalue weighted by Gasteiger charge is -2.22. The van der Waals surface area contributed by atoms with Crippen LogP contribution in [-0.4, -0.2) is 29.3 Å². The second kappa shape index (κ2) is 7.77. The minimum absolute atomic E-state index is 0.240. The summed E-state index contributed by atoms with van der Waals surface area (Å²) < 4.78 is 5.13. The number of nitrogens with one attached hydrogen (secondary N) is 2. The summed E-state index contributed by atoms with van der Waals surface area (Å²) in [5, 5.41) is 14.4. The van der Waals surface area contributed by atoms with E-state index in [2.05, 4.69) is 20.8 Å². The molecule has 24 heavy (non-hydrogen) atoms. The van der Waals surface area contributed by atoms with Gasteiger partial charge in [-0.15, -0.1) is 10.2 Å². The number of rotatable bonds is 5. The normalized spacial score (nSPS) is 14.9. The maximum atomic E-state index is 12.2. The number of hydrogen-bond acceptors (Lipinski definition) is 5. The van der Waals surface area contributed by atoms with Crippen molar-refractivity contribution >= 4 is 17.5 Å². The quantitative estimate of drug-likeness (QED) is 0.879. The summed E-state index contributed by atoms with van der Waals surface area (Å²) in [5.41, 5.74) is 0.514. The van der Waals surface area contributed by atoms with E-state index in [-0.39, 0.29) is 5.91 Å². The van der Waals surface area contributed by atoms with Gasteiger partial charge < -0.3 is 15.4 Å². The molecule has 0 saturated heterocycles. The maximum Gasteiger partial charge on any atom is 0.256 e. The molecule has 1 aliphatic carbocycles. The van der Waals surface area contributed by atoms with Gasteiger partial charge in [-0.05, 0) is 43.2 Å². The molecule has 0 bridgehead atoms. The van der Waals surface area contributed by atoms with Crippen LogP contribution in [0.3, 0.4) is 0 Å². The van der Waals surface area contributed by atoms with Crippen molar-refractivity contribution in [1.82, 2.24) is 10.2 Å². The minimum atomic E-state index is -0.240. The molecule has 2 aromatic rings. The predicted octanol–water partition coefficient (Wildman–Crippen LogP) is 3.48. The number of amides is 1. The Kier molecular flexibility index (Phi) is 5.25. The molecule has 126 valence electrons. The summed E-state index contributed by atoms with van der Waals surface area (Å²) in [4.78, 5) is 12.2. The summed E-state index contributed by atoms with van der Waals surface area (Å²) in [7, 11) is 1.57. The van der Waals surface area contributed by atoms with Gasteiger partial charge in [0.05, 0.1) is 7.11 Å². The predicted molar refractivity (Wildman–Crippen MR) is 93.5 cm³/mol. The highest BCUT2D eigenvalue weighted by Gasteiger charge is 2.14. The molecule has 1 aromatic heterocycles. The fraction of sp³-hybridized carbons (Fsp3) is 0.389. The number of anilines is 2.